The smallest absolute Gasteiger partial charge is 0.343 e. The summed E-state index contributed by atoms with van der Waals surface area (Å²) < 4.78 is 29.3. The fourth-order valence-electron chi connectivity index (χ4n) is 4.78. The van der Waals surface area contributed by atoms with Crippen molar-refractivity contribution in [2.75, 3.05) is 14.2 Å². The van der Waals surface area contributed by atoms with Gasteiger partial charge in [0, 0.05) is 17.2 Å². The van der Waals surface area contributed by atoms with Crippen LogP contribution < -0.4 is 18.9 Å². The second-order valence-electron chi connectivity index (χ2n) is 8.31. The first-order valence-corrected chi connectivity index (χ1v) is 11.2. The van der Waals surface area contributed by atoms with E-state index in [0.717, 1.165) is 0 Å². The number of carbonyl (C=O) groups excluding carboxylic acids is 2. The van der Waals surface area contributed by atoms with Crippen LogP contribution >= 0.6 is 0 Å². The Balaban J connectivity index is 1.61. The van der Waals surface area contributed by atoms with Gasteiger partial charge in [-0.05, 0) is 42.5 Å². The van der Waals surface area contributed by atoms with E-state index in [4.69, 9.17) is 23.7 Å². The molecule has 7 nitrogen and oxygen atoms in total. The molecule has 1 spiro atoms. The van der Waals surface area contributed by atoms with Crippen molar-refractivity contribution >= 4 is 11.9 Å². The van der Waals surface area contributed by atoms with Gasteiger partial charge in [0.1, 0.15) is 11.5 Å². The highest BCUT2D eigenvalue weighted by Gasteiger charge is 2.54. The molecule has 2 aliphatic rings. The number of methoxy groups -OCH3 is 2. The molecule has 6 rings (SSSR count). The summed E-state index contributed by atoms with van der Waals surface area (Å²) in [5, 5.41) is 0. The zero-order valence-electron chi connectivity index (χ0n) is 19.4. The Hall–Kier alpha value is -4.78. The minimum absolute atomic E-state index is 0.0807. The largest absolute Gasteiger partial charge is 0.497 e. The molecule has 0 amide bonds. The van der Waals surface area contributed by atoms with Crippen LogP contribution in [0.4, 0.5) is 0 Å². The molecule has 4 aromatic carbocycles. The van der Waals surface area contributed by atoms with Gasteiger partial charge in [-0.3, -0.25) is 0 Å². The van der Waals surface area contributed by atoms with E-state index >= 15 is 0 Å². The molecule has 0 aliphatic carbocycles. The van der Waals surface area contributed by atoms with Gasteiger partial charge in [0.25, 0.3) is 0 Å². The zero-order chi connectivity index (χ0) is 24.9. The number of carbonyl (C=O) groups is 2. The highest BCUT2D eigenvalue weighted by molar-refractivity contribution is 5.97. The van der Waals surface area contributed by atoms with Gasteiger partial charge in [-0.25, -0.2) is 9.59 Å². The fraction of sp³-hybridized carbons (Fsp3) is 0.103. The lowest BCUT2D eigenvalue weighted by Crippen LogP contribution is -2.33. The molecule has 4 aromatic rings. The van der Waals surface area contributed by atoms with Crippen molar-refractivity contribution in [3.8, 4) is 28.7 Å². The summed E-state index contributed by atoms with van der Waals surface area (Å²) in [4.78, 5) is 26.1. The predicted molar refractivity (Wildman–Crippen MR) is 129 cm³/mol. The van der Waals surface area contributed by atoms with Gasteiger partial charge >= 0.3 is 11.9 Å². The van der Waals surface area contributed by atoms with Crippen molar-refractivity contribution < 1.29 is 33.3 Å². The van der Waals surface area contributed by atoms with Crippen molar-refractivity contribution in [2.45, 2.75) is 5.60 Å². The summed E-state index contributed by atoms with van der Waals surface area (Å²) >= 11 is 0. The van der Waals surface area contributed by atoms with Crippen LogP contribution in [0.15, 0.2) is 84.9 Å². The molecule has 7 heteroatoms. The molecule has 36 heavy (non-hydrogen) atoms. The fourth-order valence-corrected chi connectivity index (χ4v) is 4.78. The molecular weight excluding hydrogens is 460 g/mol. The number of hydrogen-bond donors (Lipinski definition) is 0. The van der Waals surface area contributed by atoms with E-state index in [9.17, 15) is 9.59 Å². The lowest BCUT2D eigenvalue weighted by Gasteiger charge is -2.37. The molecular formula is C29H20O7. The van der Waals surface area contributed by atoms with Crippen molar-refractivity contribution in [1.29, 1.82) is 0 Å². The third-order valence-corrected chi connectivity index (χ3v) is 6.43. The first-order valence-electron chi connectivity index (χ1n) is 11.2. The SMILES string of the molecule is COc1ccc2c(c1)Oc1c(ccc(OC)c1OC(=O)c1ccccc1)C21OC(=O)c2ccccc21. The molecule has 2 heterocycles. The van der Waals surface area contributed by atoms with E-state index in [1.807, 2.05) is 24.3 Å². The maximum atomic E-state index is 13.1. The standard InChI is InChI=1S/C29H20O7/c1-32-18-12-13-21-24(16-18)34-25-22(29(21)20-11-7-6-10-19(20)28(31)36-29)14-15-23(33-2)26(25)35-27(30)17-8-4-3-5-9-17/h3-16H,1-2H3. The Bertz CT molecular complexity index is 1530. The summed E-state index contributed by atoms with van der Waals surface area (Å²) in [5.41, 5.74) is 1.29. The van der Waals surface area contributed by atoms with E-state index in [0.29, 0.717) is 39.3 Å². The third kappa shape index (κ3) is 3.06. The first kappa shape index (κ1) is 21.7. The Kier molecular flexibility index (Phi) is 4.93. The van der Waals surface area contributed by atoms with Crippen molar-refractivity contribution in [3.05, 3.63) is 113 Å². The van der Waals surface area contributed by atoms with E-state index in [-0.39, 0.29) is 17.2 Å². The van der Waals surface area contributed by atoms with Crippen molar-refractivity contribution in [1.82, 2.24) is 0 Å². The molecule has 2 aliphatic heterocycles. The minimum Gasteiger partial charge on any atom is -0.497 e. The van der Waals surface area contributed by atoms with Crippen LogP contribution in [0.3, 0.4) is 0 Å². The number of hydrogen-bond acceptors (Lipinski definition) is 7. The van der Waals surface area contributed by atoms with Gasteiger partial charge in [-0.1, -0.05) is 36.4 Å². The summed E-state index contributed by atoms with van der Waals surface area (Å²) in [7, 11) is 3.03. The van der Waals surface area contributed by atoms with E-state index in [2.05, 4.69) is 0 Å². The van der Waals surface area contributed by atoms with Crippen molar-refractivity contribution in [2.24, 2.45) is 0 Å². The van der Waals surface area contributed by atoms with Gasteiger partial charge in [0.2, 0.25) is 5.75 Å². The molecule has 1 atom stereocenters. The topological polar surface area (TPSA) is 80.3 Å². The Morgan fingerprint density at radius 1 is 0.806 bits per heavy atom. The van der Waals surface area contributed by atoms with Gasteiger partial charge in [0.05, 0.1) is 30.9 Å². The Morgan fingerprint density at radius 3 is 2.33 bits per heavy atom. The molecule has 0 N–H and O–H groups in total. The molecule has 178 valence electrons. The third-order valence-electron chi connectivity index (χ3n) is 6.43. The number of benzene rings is 4. The molecule has 0 radical (unpaired) electrons. The monoisotopic (exact) mass is 480 g/mol. The van der Waals surface area contributed by atoms with E-state index < -0.39 is 17.5 Å². The van der Waals surface area contributed by atoms with Crippen LogP contribution in [0, 0.1) is 0 Å². The molecule has 0 saturated carbocycles. The predicted octanol–water partition coefficient (Wildman–Crippen LogP) is 5.49. The second kappa shape index (κ2) is 8.16. The quantitative estimate of drug-likeness (QED) is 0.282. The van der Waals surface area contributed by atoms with Crippen LogP contribution in [0.25, 0.3) is 0 Å². The van der Waals surface area contributed by atoms with Crippen LogP contribution in [0.1, 0.15) is 37.4 Å². The summed E-state index contributed by atoms with van der Waals surface area (Å²) in [6.07, 6.45) is 0. The van der Waals surface area contributed by atoms with Crippen LogP contribution in [0.5, 0.6) is 28.7 Å². The highest BCUT2D eigenvalue weighted by atomic mass is 16.6. The maximum Gasteiger partial charge on any atom is 0.343 e. The second-order valence-corrected chi connectivity index (χ2v) is 8.31. The lowest BCUT2D eigenvalue weighted by atomic mass is 9.77. The van der Waals surface area contributed by atoms with Crippen LogP contribution in [0.2, 0.25) is 0 Å². The van der Waals surface area contributed by atoms with Gasteiger partial charge in [0.15, 0.2) is 17.1 Å². The van der Waals surface area contributed by atoms with E-state index in [1.54, 1.807) is 67.8 Å². The van der Waals surface area contributed by atoms with Crippen molar-refractivity contribution in [3.63, 3.8) is 0 Å². The minimum atomic E-state index is -1.32. The number of fused-ring (bicyclic) bond motifs is 6. The number of ether oxygens (including phenoxy) is 5. The Labute approximate surface area is 206 Å². The summed E-state index contributed by atoms with van der Waals surface area (Å²) in [6, 6.07) is 24.6. The number of esters is 2. The zero-order valence-corrected chi connectivity index (χ0v) is 19.4. The highest BCUT2D eigenvalue weighted by Crippen LogP contribution is 2.60. The molecule has 0 bridgehead atoms. The van der Waals surface area contributed by atoms with Gasteiger partial charge < -0.3 is 23.7 Å². The van der Waals surface area contributed by atoms with Gasteiger partial charge in [-0.2, -0.15) is 0 Å². The van der Waals surface area contributed by atoms with Crippen LogP contribution in [-0.4, -0.2) is 26.2 Å². The first-order chi connectivity index (χ1) is 17.6. The summed E-state index contributed by atoms with van der Waals surface area (Å²) in [6.45, 7) is 0. The van der Waals surface area contributed by atoms with Crippen LogP contribution in [-0.2, 0) is 10.3 Å². The molecule has 0 saturated heterocycles. The normalized spacial score (nSPS) is 16.8. The lowest BCUT2D eigenvalue weighted by molar-refractivity contribution is 0.0220. The number of rotatable bonds is 4. The average molecular weight is 480 g/mol. The molecule has 1 unspecified atom stereocenters. The van der Waals surface area contributed by atoms with Gasteiger partial charge in [-0.15, -0.1) is 0 Å². The molecule has 0 aromatic heterocycles. The summed E-state index contributed by atoms with van der Waals surface area (Å²) in [5.74, 6) is 0.490. The molecule has 0 fully saturated rings. The maximum absolute atomic E-state index is 13.1. The van der Waals surface area contributed by atoms with E-state index in [1.165, 1.54) is 7.11 Å². The Morgan fingerprint density at radius 2 is 1.56 bits per heavy atom. The average Bonchev–Trinajstić information content (AvgIpc) is 3.22.